The third-order valence-corrected chi connectivity index (χ3v) is 2.79. The third kappa shape index (κ3) is 6.27. The van der Waals surface area contributed by atoms with Crippen LogP contribution in [0, 0.1) is 5.92 Å². The summed E-state index contributed by atoms with van der Waals surface area (Å²) < 4.78 is 0. The number of hydrogen-bond donors (Lipinski definition) is 2. The smallest absolute Gasteiger partial charge is 0.224 e. The Bertz CT molecular complexity index is 164. The quantitative estimate of drug-likeness (QED) is 0.672. The van der Waals surface area contributed by atoms with Crippen LogP contribution in [0.25, 0.3) is 0 Å². The van der Waals surface area contributed by atoms with Crippen molar-refractivity contribution in [2.45, 2.75) is 26.8 Å². The van der Waals surface area contributed by atoms with Crippen LogP contribution in [0.2, 0.25) is 0 Å². The van der Waals surface area contributed by atoms with Gasteiger partial charge in [0.1, 0.15) is 0 Å². The van der Waals surface area contributed by atoms with Crippen molar-refractivity contribution < 1.29 is 4.79 Å². The average Bonchev–Trinajstić information content (AvgIpc) is 2.14. The van der Waals surface area contributed by atoms with Gasteiger partial charge in [-0.1, -0.05) is 13.8 Å². The van der Waals surface area contributed by atoms with Gasteiger partial charge in [0.15, 0.2) is 0 Å². The molecule has 0 aromatic rings. The first-order valence-corrected chi connectivity index (χ1v) is 6.51. The van der Waals surface area contributed by atoms with E-state index in [-0.39, 0.29) is 17.9 Å². The zero-order valence-corrected chi connectivity index (χ0v) is 10.4. The lowest BCUT2D eigenvalue weighted by atomic mass is 10.1. The van der Waals surface area contributed by atoms with E-state index in [1.807, 2.05) is 27.0 Å². The molecule has 0 saturated heterocycles. The Morgan fingerprint density at radius 2 is 2.07 bits per heavy atom. The van der Waals surface area contributed by atoms with Crippen molar-refractivity contribution in [3.63, 3.8) is 0 Å². The predicted octanol–water partition coefficient (Wildman–Crippen LogP) is 1.10. The number of amides is 1. The van der Waals surface area contributed by atoms with Gasteiger partial charge in [-0.3, -0.25) is 4.79 Å². The van der Waals surface area contributed by atoms with Gasteiger partial charge < -0.3 is 10.6 Å². The highest BCUT2D eigenvalue weighted by atomic mass is 32.2. The molecule has 14 heavy (non-hydrogen) atoms. The molecule has 84 valence electrons. The molecule has 0 heterocycles. The SMILES string of the molecule is CCNCC(C)C(=O)NC(C)CSC. The Morgan fingerprint density at radius 3 is 2.57 bits per heavy atom. The lowest BCUT2D eigenvalue weighted by molar-refractivity contribution is -0.124. The minimum Gasteiger partial charge on any atom is -0.353 e. The minimum absolute atomic E-state index is 0.0549. The maximum absolute atomic E-state index is 11.6. The monoisotopic (exact) mass is 218 g/mol. The van der Waals surface area contributed by atoms with Crippen molar-refractivity contribution in [3.8, 4) is 0 Å². The van der Waals surface area contributed by atoms with E-state index in [0.717, 1.165) is 18.8 Å². The van der Waals surface area contributed by atoms with E-state index in [0.29, 0.717) is 0 Å². The van der Waals surface area contributed by atoms with Crippen LogP contribution < -0.4 is 10.6 Å². The highest BCUT2D eigenvalue weighted by Crippen LogP contribution is 1.99. The Hall–Kier alpha value is -0.220. The molecule has 0 aromatic heterocycles. The van der Waals surface area contributed by atoms with Crippen LogP contribution in [-0.2, 0) is 4.79 Å². The maximum atomic E-state index is 11.6. The van der Waals surface area contributed by atoms with Gasteiger partial charge in [0, 0.05) is 24.3 Å². The van der Waals surface area contributed by atoms with Gasteiger partial charge in [0.2, 0.25) is 5.91 Å². The second-order valence-electron chi connectivity index (χ2n) is 3.57. The molecular weight excluding hydrogens is 196 g/mol. The summed E-state index contributed by atoms with van der Waals surface area (Å²) in [5.74, 6) is 1.17. The van der Waals surface area contributed by atoms with Crippen molar-refractivity contribution in [2.75, 3.05) is 25.1 Å². The maximum Gasteiger partial charge on any atom is 0.224 e. The summed E-state index contributed by atoms with van der Waals surface area (Å²) in [7, 11) is 0. The summed E-state index contributed by atoms with van der Waals surface area (Å²) in [6, 6.07) is 0.265. The second kappa shape index (κ2) is 8.12. The summed E-state index contributed by atoms with van der Waals surface area (Å²) in [5, 5.41) is 6.16. The number of carbonyl (C=O) groups excluding carboxylic acids is 1. The van der Waals surface area contributed by atoms with Crippen LogP contribution in [-0.4, -0.2) is 37.0 Å². The van der Waals surface area contributed by atoms with E-state index in [4.69, 9.17) is 0 Å². The third-order valence-electron chi connectivity index (χ3n) is 1.95. The Kier molecular flexibility index (Phi) is 7.99. The number of carbonyl (C=O) groups is 1. The zero-order chi connectivity index (χ0) is 11.0. The predicted molar refractivity (Wildman–Crippen MR) is 63.7 cm³/mol. The van der Waals surface area contributed by atoms with Crippen molar-refractivity contribution in [3.05, 3.63) is 0 Å². The highest BCUT2D eigenvalue weighted by molar-refractivity contribution is 7.98. The van der Waals surface area contributed by atoms with E-state index in [1.165, 1.54) is 0 Å². The molecular formula is C10H22N2OS. The number of thioether (sulfide) groups is 1. The zero-order valence-electron chi connectivity index (χ0n) is 9.59. The molecule has 2 unspecified atom stereocenters. The first-order valence-electron chi connectivity index (χ1n) is 5.11. The molecule has 0 radical (unpaired) electrons. The van der Waals surface area contributed by atoms with Gasteiger partial charge in [-0.15, -0.1) is 0 Å². The lowest BCUT2D eigenvalue weighted by Crippen LogP contribution is -2.40. The fourth-order valence-corrected chi connectivity index (χ4v) is 1.71. The van der Waals surface area contributed by atoms with Gasteiger partial charge in [0.05, 0.1) is 0 Å². The van der Waals surface area contributed by atoms with Gasteiger partial charge in [0.25, 0.3) is 0 Å². The Balaban J connectivity index is 3.71. The average molecular weight is 218 g/mol. The molecule has 0 fully saturated rings. The van der Waals surface area contributed by atoms with Crippen LogP contribution in [0.3, 0.4) is 0 Å². The topological polar surface area (TPSA) is 41.1 Å². The molecule has 0 aliphatic rings. The number of hydrogen-bond acceptors (Lipinski definition) is 3. The number of rotatable bonds is 7. The molecule has 0 bridgehead atoms. The molecule has 0 aliphatic heterocycles. The van der Waals surface area contributed by atoms with E-state index in [9.17, 15) is 4.79 Å². The molecule has 2 atom stereocenters. The highest BCUT2D eigenvalue weighted by Gasteiger charge is 2.13. The molecule has 0 rings (SSSR count). The normalized spacial score (nSPS) is 14.9. The van der Waals surface area contributed by atoms with Crippen LogP contribution in [0.4, 0.5) is 0 Å². The summed E-state index contributed by atoms with van der Waals surface area (Å²) in [6.45, 7) is 7.70. The van der Waals surface area contributed by atoms with Crippen LogP contribution in [0.15, 0.2) is 0 Å². The summed E-state index contributed by atoms with van der Waals surface area (Å²) in [6.07, 6.45) is 2.05. The fraction of sp³-hybridized carbons (Fsp3) is 0.900. The molecule has 0 spiro atoms. The summed E-state index contributed by atoms with van der Waals surface area (Å²) in [4.78, 5) is 11.6. The van der Waals surface area contributed by atoms with Gasteiger partial charge >= 0.3 is 0 Å². The lowest BCUT2D eigenvalue weighted by Gasteiger charge is -2.16. The summed E-state index contributed by atoms with van der Waals surface area (Å²) in [5.41, 5.74) is 0. The van der Waals surface area contributed by atoms with Crippen molar-refractivity contribution in [2.24, 2.45) is 5.92 Å². The molecule has 0 aliphatic carbocycles. The minimum atomic E-state index is 0.0549. The molecule has 2 N–H and O–H groups in total. The van der Waals surface area contributed by atoms with Crippen LogP contribution in [0.5, 0.6) is 0 Å². The van der Waals surface area contributed by atoms with E-state index in [1.54, 1.807) is 11.8 Å². The molecule has 3 nitrogen and oxygen atoms in total. The number of nitrogens with one attached hydrogen (secondary N) is 2. The Morgan fingerprint density at radius 1 is 1.43 bits per heavy atom. The van der Waals surface area contributed by atoms with Gasteiger partial charge in [-0.2, -0.15) is 11.8 Å². The first-order chi connectivity index (χ1) is 6.61. The van der Waals surface area contributed by atoms with Gasteiger partial charge in [-0.25, -0.2) is 0 Å². The van der Waals surface area contributed by atoms with E-state index in [2.05, 4.69) is 10.6 Å². The largest absolute Gasteiger partial charge is 0.353 e. The van der Waals surface area contributed by atoms with Crippen molar-refractivity contribution in [1.82, 2.24) is 10.6 Å². The van der Waals surface area contributed by atoms with Crippen LogP contribution in [0.1, 0.15) is 20.8 Å². The van der Waals surface area contributed by atoms with Crippen molar-refractivity contribution in [1.29, 1.82) is 0 Å². The molecule has 4 heteroatoms. The molecule has 0 aromatic carbocycles. The molecule has 1 amide bonds. The standard InChI is InChI=1S/C10H22N2OS/c1-5-11-6-8(2)10(13)12-9(3)7-14-4/h8-9,11H,5-7H2,1-4H3,(H,12,13). The first kappa shape index (κ1) is 13.8. The molecule has 0 saturated carbocycles. The Labute approximate surface area is 91.4 Å². The van der Waals surface area contributed by atoms with E-state index < -0.39 is 0 Å². The van der Waals surface area contributed by atoms with Crippen LogP contribution >= 0.6 is 11.8 Å². The second-order valence-corrected chi connectivity index (χ2v) is 4.48. The van der Waals surface area contributed by atoms with Crippen molar-refractivity contribution >= 4 is 17.7 Å². The van der Waals surface area contributed by atoms with E-state index >= 15 is 0 Å². The van der Waals surface area contributed by atoms with Gasteiger partial charge in [-0.05, 0) is 19.7 Å². The fourth-order valence-electron chi connectivity index (χ4n) is 1.13. The summed E-state index contributed by atoms with van der Waals surface area (Å²) >= 11 is 1.75.